The van der Waals surface area contributed by atoms with E-state index in [0.29, 0.717) is 13.2 Å². The number of rotatable bonds is 7. The number of hydrogen-bond acceptors (Lipinski definition) is 4. The summed E-state index contributed by atoms with van der Waals surface area (Å²) >= 11 is 0. The van der Waals surface area contributed by atoms with Crippen LogP contribution in [-0.4, -0.2) is 44.9 Å². The SMILES string of the molecule is COCCOc1ccccc1CN1CCC(C)(CN)C1. The van der Waals surface area contributed by atoms with Gasteiger partial charge in [0, 0.05) is 25.8 Å². The molecule has 1 atom stereocenters. The summed E-state index contributed by atoms with van der Waals surface area (Å²) < 4.78 is 10.8. The molecule has 1 unspecified atom stereocenters. The van der Waals surface area contributed by atoms with Crippen LogP contribution in [0.15, 0.2) is 24.3 Å². The second-order valence-corrected chi connectivity index (χ2v) is 5.92. The minimum atomic E-state index is 0.270. The van der Waals surface area contributed by atoms with Crippen molar-refractivity contribution in [3.63, 3.8) is 0 Å². The van der Waals surface area contributed by atoms with Crippen LogP contribution in [0, 0.1) is 5.41 Å². The Balaban J connectivity index is 1.95. The van der Waals surface area contributed by atoms with Crippen molar-refractivity contribution < 1.29 is 9.47 Å². The number of nitrogens with two attached hydrogens (primary N) is 1. The van der Waals surface area contributed by atoms with Crippen molar-refractivity contribution >= 4 is 0 Å². The summed E-state index contributed by atoms with van der Waals surface area (Å²) in [5.74, 6) is 0.964. The zero-order valence-corrected chi connectivity index (χ0v) is 12.6. The van der Waals surface area contributed by atoms with Gasteiger partial charge in [-0.05, 0) is 31.0 Å². The van der Waals surface area contributed by atoms with Crippen molar-refractivity contribution in [1.29, 1.82) is 0 Å². The Hall–Kier alpha value is -1.10. The molecule has 1 aromatic rings. The van der Waals surface area contributed by atoms with Crippen LogP contribution in [0.2, 0.25) is 0 Å². The van der Waals surface area contributed by atoms with Crippen molar-refractivity contribution in [3.05, 3.63) is 29.8 Å². The highest BCUT2D eigenvalue weighted by Crippen LogP contribution is 2.30. The number of nitrogens with zero attached hydrogens (tertiary/aromatic N) is 1. The average Bonchev–Trinajstić information content (AvgIpc) is 2.83. The van der Waals surface area contributed by atoms with Gasteiger partial charge in [-0.3, -0.25) is 4.90 Å². The Morgan fingerprint density at radius 1 is 1.30 bits per heavy atom. The van der Waals surface area contributed by atoms with Gasteiger partial charge in [-0.25, -0.2) is 0 Å². The number of methoxy groups -OCH3 is 1. The average molecular weight is 278 g/mol. The van der Waals surface area contributed by atoms with Gasteiger partial charge in [0.15, 0.2) is 0 Å². The van der Waals surface area contributed by atoms with Gasteiger partial charge in [0.1, 0.15) is 12.4 Å². The zero-order valence-electron chi connectivity index (χ0n) is 12.6. The molecule has 2 N–H and O–H groups in total. The molecule has 112 valence electrons. The molecule has 2 rings (SSSR count). The van der Waals surface area contributed by atoms with Crippen LogP contribution in [-0.2, 0) is 11.3 Å². The highest BCUT2D eigenvalue weighted by atomic mass is 16.5. The fourth-order valence-corrected chi connectivity index (χ4v) is 2.68. The van der Waals surface area contributed by atoms with Crippen LogP contribution < -0.4 is 10.5 Å². The van der Waals surface area contributed by atoms with E-state index in [9.17, 15) is 0 Å². The number of likely N-dealkylation sites (tertiary alicyclic amines) is 1. The van der Waals surface area contributed by atoms with E-state index in [1.165, 1.54) is 12.0 Å². The molecule has 1 aliphatic heterocycles. The molecular formula is C16H26N2O2. The molecule has 1 fully saturated rings. The van der Waals surface area contributed by atoms with E-state index in [0.717, 1.165) is 31.9 Å². The van der Waals surface area contributed by atoms with Gasteiger partial charge in [-0.1, -0.05) is 25.1 Å². The smallest absolute Gasteiger partial charge is 0.123 e. The Morgan fingerprint density at radius 2 is 2.10 bits per heavy atom. The van der Waals surface area contributed by atoms with E-state index in [1.807, 2.05) is 12.1 Å². The van der Waals surface area contributed by atoms with Gasteiger partial charge in [-0.2, -0.15) is 0 Å². The highest BCUT2D eigenvalue weighted by molar-refractivity contribution is 5.33. The lowest BCUT2D eigenvalue weighted by Gasteiger charge is -2.23. The van der Waals surface area contributed by atoms with Crippen LogP contribution in [0.3, 0.4) is 0 Å². The first kappa shape index (κ1) is 15.3. The van der Waals surface area contributed by atoms with Crippen LogP contribution in [0.5, 0.6) is 5.75 Å². The molecule has 0 aromatic heterocycles. The predicted octanol–water partition coefficient (Wildman–Crippen LogP) is 1.88. The van der Waals surface area contributed by atoms with Crippen LogP contribution in [0.4, 0.5) is 0 Å². The van der Waals surface area contributed by atoms with E-state index in [-0.39, 0.29) is 5.41 Å². The fraction of sp³-hybridized carbons (Fsp3) is 0.625. The van der Waals surface area contributed by atoms with Gasteiger partial charge in [-0.15, -0.1) is 0 Å². The molecule has 1 aliphatic rings. The first-order chi connectivity index (χ1) is 9.67. The van der Waals surface area contributed by atoms with E-state index < -0.39 is 0 Å². The highest BCUT2D eigenvalue weighted by Gasteiger charge is 2.32. The Labute approximate surface area is 121 Å². The van der Waals surface area contributed by atoms with Gasteiger partial charge in [0.25, 0.3) is 0 Å². The molecule has 0 saturated carbocycles. The third-order valence-corrected chi connectivity index (χ3v) is 4.04. The summed E-state index contributed by atoms with van der Waals surface area (Å²) in [6, 6.07) is 8.25. The first-order valence-electron chi connectivity index (χ1n) is 7.29. The second kappa shape index (κ2) is 7.07. The van der Waals surface area contributed by atoms with E-state index in [4.69, 9.17) is 15.2 Å². The van der Waals surface area contributed by atoms with Gasteiger partial charge in [0.05, 0.1) is 6.61 Å². The van der Waals surface area contributed by atoms with Crippen molar-refractivity contribution in [2.45, 2.75) is 19.9 Å². The minimum Gasteiger partial charge on any atom is -0.491 e. The minimum absolute atomic E-state index is 0.270. The largest absolute Gasteiger partial charge is 0.491 e. The molecule has 0 amide bonds. The van der Waals surface area contributed by atoms with E-state index in [1.54, 1.807) is 7.11 Å². The summed E-state index contributed by atoms with van der Waals surface area (Å²) in [4.78, 5) is 2.46. The molecule has 0 aliphatic carbocycles. The first-order valence-corrected chi connectivity index (χ1v) is 7.29. The number of ether oxygens (including phenoxy) is 2. The lowest BCUT2D eigenvalue weighted by atomic mass is 9.90. The summed E-state index contributed by atoms with van der Waals surface area (Å²) in [6.45, 7) is 7.34. The molecule has 4 heteroatoms. The lowest BCUT2D eigenvalue weighted by molar-refractivity contribution is 0.145. The van der Waals surface area contributed by atoms with Crippen LogP contribution >= 0.6 is 0 Å². The molecular weight excluding hydrogens is 252 g/mol. The maximum atomic E-state index is 5.87. The lowest BCUT2D eigenvalue weighted by Crippen LogP contribution is -2.31. The van der Waals surface area contributed by atoms with Crippen molar-refractivity contribution in [2.24, 2.45) is 11.1 Å². The number of benzene rings is 1. The predicted molar refractivity (Wildman–Crippen MR) is 80.9 cm³/mol. The Kier molecular flexibility index (Phi) is 5.40. The van der Waals surface area contributed by atoms with Crippen molar-refractivity contribution in [3.8, 4) is 5.75 Å². The molecule has 1 saturated heterocycles. The van der Waals surface area contributed by atoms with Gasteiger partial charge < -0.3 is 15.2 Å². The molecule has 20 heavy (non-hydrogen) atoms. The zero-order chi connectivity index (χ0) is 14.4. The standard InChI is InChI=1S/C16H26N2O2/c1-16(12-17)7-8-18(13-16)11-14-5-3-4-6-15(14)20-10-9-19-2/h3-6H,7-13,17H2,1-2H3. The quantitative estimate of drug-likeness (QED) is 0.774. The molecule has 4 nitrogen and oxygen atoms in total. The number of hydrogen-bond donors (Lipinski definition) is 1. The Bertz CT molecular complexity index is 425. The van der Waals surface area contributed by atoms with Crippen molar-refractivity contribution in [2.75, 3.05) is 40.0 Å². The normalized spacial score (nSPS) is 23.1. The molecule has 0 bridgehead atoms. The third-order valence-electron chi connectivity index (χ3n) is 4.04. The Morgan fingerprint density at radius 3 is 2.80 bits per heavy atom. The van der Waals surface area contributed by atoms with Crippen molar-refractivity contribution in [1.82, 2.24) is 4.90 Å². The summed E-state index contributed by atoms with van der Waals surface area (Å²) in [7, 11) is 1.69. The topological polar surface area (TPSA) is 47.7 Å². The van der Waals surface area contributed by atoms with Crippen LogP contribution in [0.1, 0.15) is 18.9 Å². The summed E-state index contributed by atoms with van der Waals surface area (Å²) in [6.07, 6.45) is 1.18. The van der Waals surface area contributed by atoms with Crippen LogP contribution in [0.25, 0.3) is 0 Å². The maximum absolute atomic E-state index is 5.87. The third kappa shape index (κ3) is 3.95. The monoisotopic (exact) mass is 278 g/mol. The number of para-hydroxylation sites is 1. The second-order valence-electron chi connectivity index (χ2n) is 5.92. The molecule has 1 aromatic carbocycles. The summed E-state index contributed by atoms with van der Waals surface area (Å²) in [5.41, 5.74) is 7.38. The van der Waals surface area contributed by atoms with E-state index in [2.05, 4.69) is 24.0 Å². The fourth-order valence-electron chi connectivity index (χ4n) is 2.68. The molecule has 0 spiro atoms. The molecule has 1 heterocycles. The maximum Gasteiger partial charge on any atom is 0.123 e. The van der Waals surface area contributed by atoms with Gasteiger partial charge in [0.2, 0.25) is 0 Å². The van der Waals surface area contributed by atoms with Gasteiger partial charge >= 0.3 is 0 Å². The van der Waals surface area contributed by atoms with E-state index >= 15 is 0 Å². The summed E-state index contributed by atoms with van der Waals surface area (Å²) in [5, 5.41) is 0. The molecule has 0 radical (unpaired) electrons.